The van der Waals surface area contributed by atoms with Crippen LogP contribution in [0.3, 0.4) is 0 Å². The number of fused-ring (bicyclic) bond motifs is 1. The summed E-state index contributed by atoms with van der Waals surface area (Å²) in [5.74, 6) is -0.368. The molecule has 0 aliphatic rings. The van der Waals surface area contributed by atoms with Crippen LogP contribution in [-0.2, 0) is 11.2 Å². The highest BCUT2D eigenvalue weighted by molar-refractivity contribution is 6.10. The molecule has 126 valence electrons. The summed E-state index contributed by atoms with van der Waals surface area (Å²) in [6.45, 7) is 1.62. The number of phenolic OH excluding ortho intramolecular Hbond substituents is 1. The molecule has 3 aromatic rings. The van der Waals surface area contributed by atoms with Crippen LogP contribution in [-0.4, -0.2) is 16.7 Å². The molecular formula is C19H16N2O4. The van der Waals surface area contributed by atoms with Crippen molar-refractivity contribution >= 4 is 22.6 Å². The number of phenols is 1. The second kappa shape index (κ2) is 7.00. The van der Waals surface area contributed by atoms with E-state index >= 15 is 0 Å². The van der Waals surface area contributed by atoms with Gasteiger partial charge in [-0.25, -0.2) is 10.2 Å². The van der Waals surface area contributed by atoms with Gasteiger partial charge in [0.25, 0.3) is 0 Å². The van der Waals surface area contributed by atoms with Crippen molar-refractivity contribution in [2.24, 2.45) is 5.10 Å². The van der Waals surface area contributed by atoms with E-state index in [4.69, 9.17) is 4.42 Å². The zero-order chi connectivity index (χ0) is 17.8. The fourth-order valence-corrected chi connectivity index (χ4v) is 2.49. The summed E-state index contributed by atoms with van der Waals surface area (Å²) in [5, 5.41) is 14.8. The first kappa shape index (κ1) is 16.4. The zero-order valence-electron chi connectivity index (χ0n) is 13.5. The van der Waals surface area contributed by atoms with Crippen LogP contribution < -0.4 is 11.1 Å². The van der Waals surface area contributed by atoms with Crippen molar-refractivity contribution in [1.82, 2.24) is 5.43 Å². The van der Waals surface area contributed by atoms with Gasteiger partial charge in [-0.05, 0) is 30.7 Å². The van der Waals surface area contributed by atoms with Gasteiger partial charge < -0.3 is 9.52 Å². The van der Waals surface area contributed by atoms with Crippen molar-refractivity contribution in [3.8, 4) is 5.75 Å². The molecule has 0 spiro atoms. The molecule has 0 unspecified atom stereocenters. The van der Waals surface area contributed by atoms with Gasteiger partial charge in [0.1, 0.15) is 5.75 Å². The molecule has 2 N–H and O–H groups in total. The number of rotatable bonds is 4. The van der Waals surface area contributed by atoms with Gasteiger partial charge >= 0.3 is 5.63 Å². The van der Waals surface area contributed by atoms with E-state index in [9.17, 15) is 14.7 Å². The Hall–Kier alpha value is -3.41. The average Bonchev–Trinajstić information content (AvgIpc) is 2.60. The minimum Gasteiger partial charge on any atom is -0.507 e. The van der Waals surface area contributed by atoms with Gasteiger partial charge in [-0.15, -0.1) is 0 Å². The number of nitrogens with one attached hydrogen (secondary N) is 1. The molecule has 0 atom stereocenters. The topological polar surface area (TPSA) is 91.9 Å². The molecule has 0 bridgehead atoms. The minimum absolute atomic E-state index is 0.0830. The molecule has 2 aromatic carbocycles. The summed E-state index contributed by atoms with van der Waals surface area (Å²) in [4.78, 5) is 23.5. The second-order valence-corrected chi connectivity index (χ2v) is 5.53. The van der Waals surface area contributed by atoms with Gasteiger partial charge in [0, 0.05) is 11.5 Å². The van der Waals surface area contributed by atoms with Gasteiger partial charge in [0.2, 0.25) is 5.91 Å². The van der Waals surface area contributed by atoms with Crippen LogP contribution in [0.25, 0.3) is 11.0 Å². The molecule has 0 radical (unpaired) electrons. The van der Waals surface area contributed by atoms with Crippen LogP contribution in [0, 0.1) is 0 Å². The van der Waals surface area contributed by atoms with Gasteiger partial charge in [0.15, 0.2) is 5.58 Å². The maximum Gasteiger partial charge on any atom is 0.336 e. The van der Waals surface area contributed by atoms with Crippen LogP contribution in [0.2, 0.25) is 0 Å². The summed E-state index contributed by atoms with van der Waals surface area (Å²) in [6, 6.07) is 15.3. The average molecular weight is 336 g/mol. The van der Waals surface area contributed by atoms with Crippen LogP contribution in [0.4, 0.5) is 0 Å². The molecule has 3 rings (SSSR count). The van der Waals surface area contributed by atoms with Crippen LogP contribution in [0.15, 0.2) is 68.9 Å². The lowest BCUT2D eigenvalue weighted by Gasteiger charge is -2.08. The molecule has 1 aromatic heterocycles. The SMILES string of the molecule is C/C(=N\NC(=O)Cc1ccccc1)c1c(O)ccc2ccc(=O)oc12. The van der Waals surface area contributed by atoms with Crippen LogP contribution >= 0.6 is 0 Å². The second-order valence-electron chi connectivity index (χ2n) is 5.53. The van der Waals surface area contributed by atoms with Crippen molar-refractivity contribution < 1.29 is 14.3 Å². The Morgan fingerprint density at radius 1 is 1.12 bits per heavy atom. The third-order valence-corrected chi connectivity index (χ3v) is 3.69. The Morgan fingerprint density at radius 2 is 1.84 bits per heavy atom. The predicted octanol–water partition coefficient (Wildman–Crippen LogP) is 2.58. The smallest absolute Gasteiger partial charge is 0.336 e. The third kappa shape index (κ3) is 3.74. The first-order chi connectivity index (χ1) is 12.0. The van der Waals surface area contributed by atoms with Gasteiger partial charge in [0.05, 0.1) is 17.7 Å². The lowest BCUT2D eigenvalue weighted by atomic mass is 10.1. The Bertz CT molecular complexity index is 1010. The summed E-state index contributed by atoms with van der Waals surface area (Å²) < 4.78 is 5.19. The predicted molar refractivity (Wildman–Crippen MR) is 94.6 cm³/mol. The highest BCUT2D eigenvalue weighted by Crippen LogP contribution is 2.26. The van der Waals surface area contributed by atoms with E-state index in [1.807, 2.05) is 30.3 Å². The highest BCUT2D eigenvalue weighted by Gasteiger charge is 2.13. The molecule has 1 amide bonds. The number of benzene rings is 2. The summed E-state index contributed by atoms with van der Waals surface area (Å²) in [6.07, 6.45) is 0.189. The molecular weight excluding hydrogens is 320 g/mol. The van der Waals surface area contributed by atoms with Crippen LogP contribution in [0.5, 0.6) is 5.75 Å². The van der Waals surface area contributed by atoms with Gasteiger partial charge in [-0.3, -0.25) is 4.79 Å². The van der Waals surface area contributed by atoms with E-state index in [0.29, 0.717) is 11.1 Å². The largest absolute Gasteiger partial charge is 0.507 e. The molecule has 0 aliphatic carbocycles. The van der Waals surface area contributed by atoms with Crippen molar-refractivity contribution in [2.45, 2.75) is 13.3 Å². The first-order valence-corrected chi connectivity index (χ1v) is 7.68. The molecule has 0 saturated carbocycles. The number of aromatic hydroxyl groups is 1. The fraction of sp³-hybridized carbons (Fsp3) is 0.105. The number of carbonyl (C=O) groups excluding carboxylic acids is 1. The summed E-state index contributed by atoms with van der Waals surface area (Å²) in [7, 11) is 0. The minimum atomic E-state index is -0.528. The quantitative estimate of drug-likeness (QED) is 0.435. The monoisotopic (exact) mass is 336 g/mol. The molecule has 0 aliphatic heterocycles. The molecule has 25 heavy (non-hydrogen) atoms. The number of hydrazone groups is 1. The van der Waals surface area contributed by atoms with E-state index in [0.717, 1.165) is 5.56 Å². The third-order valence-electron chi connectivity index (χ3n) is 3.69. The lowest BCUT2D eigenvalue weighted by molar-refractivity contribution is -0.120. The number of carbonyl (C=O) groups is 1. The fourth-order valence-electron chi connectivity index (χ4n) is 2.49. The van der Waals surface area contributed by atoms with E-state index in [2.05, 4.69) is 10.5 Å². The number of amides is 1. The Morgan fingerprint density at radius 3 is 2.60 bits per heavy atom. The first-order valence-electron chi connectivity index (χ1n) is 7.68. The molecule has 6 heteroatoms. The molecule has 0 fully saturated rings. The van der Waals surface area contributed by atoms with E-state index in [-0.39, 0.29) is 29.2 Å². The zero-order valence-corrected chi connectivity index (χ0v) is 13.5. The van der Waals surface area contributed by atoms with Crippen molar-refractivity contribution in [1.29, 1.82) is 0 Å². The van der Waals surface area contributed by atoms with Crippen molar-refractivity contribution in [2.75, 3.05) is 0 Å². The molecule has 1 heterocycles. The van der Waals surface area contributed by atoms with Crippen molar-refractivity contribution in [3.63, 3.8) is 0 Å². The van der Waals surface area contributed by atoms with Gasteiger partial charge in [-0.1, -0.05) is 30.3 Å². The Labute approximate surface area is 143 Å². The Balaban J connectivity index is 1.86. The summed E-state index contributed by atoms with van der Waals surface area (Å²) >= 11 is 0. The highest BCUT2D eigenvalue weighted by atomic mass is 16.4. The number of hydrogen-bond acceptors (Lipinski definition) is 5. The Kier molecular flexibility index (Phi) is 4.61. The standard InChI is InChI=1S/C19H16N2O4/c1-12(20-21-16(23)11-13-5-3-2-4-6-13)18-15(22)9-7-14-8-10-17(24)25-19(14)18/h2-10,22H,11H2,1H3,(H,21,23)/b20-12+. The number of nitrogens with zero attached hydrogens (tertiary/aromatic N) is 1. The van der Waals surface area contributed by atoms with Crippen molar-refractivity contribution in [3.05, 3.63) is 76.1 Å². The van der Waals surface area contributed by atoms with E-state index in [1.54, 1.807) is 19.1 Å². The molecule has 6 nitrogen and oxygen atoms in total. The maximum atomic E-state index is 12.0. The summed E-state index contributed by atoms with van der Waals surface area (Å²) in [5.41, 5.74) is 3.63. The van der Waals surface area contributed by atoms with Crippen LogP contribution in [0.1, 0.15) is 18.1 Å². The van der Waals surface area contributed by atoms with Gasteiger partial charge in [-0.2, -0.15) is 5.10 Å². The van der Waals surface area contributed by atoms with E-state index in [1.165, 1.54) is 12.1 Å². The maximum absolute atomic E-state index is 12.0. The normalized spacial score (nSPS) is 11.5. The number of hydrogen-bond donors (Lipinski definition) is 2. The molecule has 0 saturated heterocycles. The lowest BCUT2D eigenvalue weighted by Crippen LogP contribution is -2.21. The van der Waals surface area contributed by atoms with E-state index < -0.39 is 5.63 Å².